The quantitative estimate of drug-likeness (QED) is 0.0485. The average molecular weight is 1620 g/mol. The van der Waals surface area contributed by atoms with Gasteiger partial charge in [-0.15, -0.1) is 0 Å². The summed E-state index contributed by atoms with van der Waals surface area (Å²) in [6, 6.07) is 86.8. The van der Waals surface area contributed by atoms with Crippen LogP contribution in [0.4, 0.5) is 11.4 Å². The van der Waals surface area contributed by atoms with Gasteiger partial charge in [0.05, 0.1) is 63.1 Å². The van der Waals surface area contributed by atoms with Gasteiger partial charge in [-0.05, 0) is 159 Å². The van der Waals surface area contributed by atoms with Crippen LogP contribution in [-0.4, -0.2) is 74.0 Å². The molecule has 1 N–H and O–H groups in total. The number of nitrogens with zero attached hydrogens (tertiary/aromatic N) is 2. The van der Waals surface area contributed by atoms with Crippen LogP contribution in [0.2, 0.25) is 0 Å². The van der Waals surface area contributed by atoms with Crippen molar-refractivity contribution in [3.05, 3.63) is 329 Å². The van der Waals surface area contributed by atoms with E-state index in [1.807, 2.05) is 135 Å². The Balaban J connectivity index is 0.000000161. The van der Waals surface area contributed by atoms with Gasteiger partial charge in [-0.2, -0.15) is 0 Å². The second-order valence-corrected chi connectivity index (χ2v) is 29.8. The number of fused-ring (bicyclic) bond motifs is 2. The largest absolute Gasteiger partial charge is 0.490 e. The van der Waals surface area contributed by atoms with E-state index >= 15 is 0 Å². The molecule has 12 nitrogen and oxygen atoms in total. The molecule has 4 aliphatic rings. The molecule has 0 amide bonds. The molecule has 14 rings (SSSR count). The fourth-order valence-corrected chi connectivity index (χ4v) is 15.3. The lowest BCUT2D eigenvalue weighted by atomic mass is 9.81. The van der Waals surface area contributed by atoms with Crippen LogP contribution in [0.1, 0.15) is 102 Å². The number of hydrogen-bond donors (Lipinski definition) is 1. The molecule has 0 aromatic heterocycles. The summed E-state index contributed by atoms with van der Waals surface area (Å²) in [4.78, 5) is 17.2. The molecule has 103 heavy (non-hydrogen) atoms. The Morgan fingerprint density at radius 2 is 0.874 bits per heavy atom. The Morgan fingerprint density at radius 3 is 1.33 bits per heavy atom. The molecule has 2 fully saturated rings. The number of esters is 1. The number of cyclic esters (lactones) is 1. The molecule has 0 saturated carbocycles. The predicted octanol–water partition coefficient (Wildman–Crippen LogP) is 19.4. The van der Waals surface area contributed by atoms with Crippen LogP contribution < -0.4 is 19.3 Å². The highest BCUT2D eigenvalue weighted by Gasteiger charge is 2.54. The first-order valence-corrected chi connectivity index (χ1v) is 38.5. The van der Waals surface area contributed by atoms with Crippen molar-refractivity contribution in [3.63, 3.8) is 0 Å². The van der Waals surface area contributed by atoms with Gasteiger partial charge in [-0.25, -0.2) is 4.79 Å². The van der Waals surface area contributed by atoms with Crippen LogP contribution in [0.3, 0.4) is 0 Å². The Morgan fingerprint density at radius 1 is 0.466 bits per heavy atom. The van der Waals surface area contributed by atoms with Crippen LogP contribution >= 0.6 is 54.5 Å². The minimum Gasteiger partial charge on any atom is -0.490 e. The van der Waals surface area contributed by atoms with Gasteiger partial charge in [0.1, 0.15) is 43.0 Å². The fraction of sp³-hybridized carbons (Fsp3) is 0.307. The molecular weight excluding hydrogens is 1530 g/mol. The highest BCUT2D eigenvalue weighted by molar-refractivity contribution is 14.1. The maximum absolute atomic E-state index is 12.7. The van der Waals surface area contributed by atoms with E-state index in [0.29, 0.717) is 51.4 Å². The number of rotatable bonds is 23. The maximum atomic E-state index is 12.7. The fourth-order valence-electron chi connectivity index (χ4n) is 14.0. The molecular formula is C88H91Br2IN2O10. The summed E-state index contributed by atoms with van der Waals surface area (Å²) in [5, 5.41) is 12.7. The summed E-state index contributed by atoms with van der Waals surface area (Å²) < 4.78 is 53.0. The number of aliphatic hydroxyl groups is 1. The second-order valence-electron chi connectivity index (χ2n) is 26.8. The third kappa shape index (κ3) is 19.8. The molecule has 10 aromatic carbocycles. The van der Waals surface area contributed by atoms with Crippen LogP contribution in [0.5, 0.6) is 11.5 Å². The molecule has 10 aromatic rings. The highest BCUT2D eigenvalue weighted by Crippen LogP contribution is 2.45. The van der Waals surface area contributed by atoms with Gasteiger partial charge in [-0.1, -0.05) is 260 Å². The van der Waals surface area contributed by atoms with Crippen molar-refractivity contribution < 1.29 is 47.8 Å². The van der Waals surface area contributed by atoms with Gasteiger partial charge >= 0.3 is 5.97 Å². The Kier molecular flexibility index (Phi) is 26.8. The Hall–Kier alpha value is -7.68. The lowest BCUT2D eigenvalue weighted by Gasteiger charge is -2.50. The van der Waals surface area contributed by atoms with Gasteiger partial charge in [-0.3, -0.25) is 0 Å². The lowest BCUT2D eigenvalue weighted by molar-refractivity contribution is -0.359. The lowest BCUT2D eigenvalue weighted by Crippen LogP contribution is -2.60. The monoisotopic (exact) mass is 1620 g/mol. The standard InChI is InChI=1S/C44H46BrNO5.C22H19BrINO.C22H26O4/c1-3-40-42(49-29-33-15-9-5-10-16-33)31(2)43(50-30-34-17-11-6-12-18-34)44(47,51-40)37-20-21-38(45)36(27-37)25-35-19-22-41-39(26-35)46(23-24-48-41)28-32-13-7-4-8-14-32;23-20-8-7-19(24)14-18(20)12-17-6-9-22-21(13-17)25(10-11-26-22)15-16-4-2-1-3-5-16;1-3-19-20(24-14-17-10-6-4-7-11-17)16(2)21(22(23)26-19)25-15-18-12-8-5-9-13-18/h4-22,26-27,31,40,42-43,47H,3,23-25,28-30H2,1-2H3;1-9,13-14H,10-12,15H2;4-13,16,19-21H,3,14-15H2,1-2H3/t31-,40+,42-,43+,44?;;16-,19+,20-,21+/m0.0/s1. The van der Waals surface area contributed by atoms with Crippen LogP contribution in [-0.2, 0) is 91.4 Å². The van der Waals surface area contributed by atoms with Crippen LogP contribution in [0.15, 0.2) is 264 Å². The number of carbonyl (C=O) groups excluding carboxylic acids is 1. The molecule has 1 unspecified atom stereocenters. The van der Waals surface area contributed by atoms with E-state index in [1.54, 1.807) is 0 Å². The average Bonchev–Trinajstić information content (AvgIpc) is 0.746. The number of ether oxygens (including phenoxy) is 8. The highest BCUT2D eigenvalue weighted by atomic mass is 127. The number of anilines is 2. The molecule has 534 valence electrons. The van der Waals surface area contributed by atoms with Gasteiger partial charge in [0.25, 0.3) is 0 Å². The van der Waals surface area contributed by atoms with Gasteiger partial charge in [0, 0.05) is 43.0 Å². The number of halogens is 3. The SMILES string of the molecule is Brc1ccc(I)cc1Cc1ccc2c(c1)N(Cc1ccccc1)CCO2.CC[C@H]1OC(=O)[C@H](OCc2ccccc2)[C@@H](C)[C@@H]1OCc1ccccc1.CC[C@H]1OC(O)(c2ccc(Br)c(Cc3ccc4c(c3)N(Cc3ccccc3)CCO4)c2)[C@H](OCc2ccccc2)[C@@H](C)[C@@H]1OCc1ccccc1. The van der Waals surface area contributed by atoms with Gasteiger partial charge < -0.3 is 52.8 Å². The first-order chi connectivity index (χ1) is 50.3. The van der Waals surface area contributed by atoms with Crippen molar-refractivity contribution >= 4 is 71.8 Å². The zero-order valence-electron chi connectivity index (χ0n) is 58.9. The molecule has 0 spiro atoms. The zero-order valence-corrected chi connectivity index (χ0v) is 64.2. The number of hydrogen-bond acceptors (Lipinski definition) is 12. The van der Waals surface area contributed by atoms with Crippen molar-refractivity contribution in [2.45, 2.75) is 135 Å². The van der Waals surface area contributed by atoms with E-state index in [1.165, 1.54) is 31.5 Å². The first-order valence-electron chi connectivity index (χ1n) is 35.8. The van der Waals surface area contributed by atoms with Crippen molar-refractivity contribution in [1.82, 2.24) is 0 Å². The summed E-state index contributed by atoms with van der Waals surface area (Å²) in [6.45, 7) is 14.7. The molecule has 9 atom stereocenters. The summed E-state index contributed by atoms with van der Waals surface area (Å²) >= 11 is 9.86. The Labute approximate surface area is 638 Å². The summed E-state index contributed by atoms with van der Waals surface area (Å²) in [6.07, 6.45) is 0.624. The van der Waals surface area contributed by atoms with E-state index in [9.17, 15) is 9.90 Å². The number of carbonyl (C=O) groups is 1. The zero-order chi connectivity index (χ0) is 71.5. The molecule has 0 aliphatic carbocycles. The van der Waals surface area contributed by atoms with Gasteiger partial charge in [0.15, 0.2) is 6.10 Å². The minimum absolute atomic E-state index is 0.0753. The van der Waals surface area contributed by atoms with Crippen molar-refractivity contribution in [2.75, 3.05) is 36.1 Å². The number of benzene rings is 10. The topological polar surface area (TPSA) is 118 Å². The maximum Gasteiger partial charge on any atom is 0.336 e. The molecule has 0 radical (unpaired) electrons. The summed E-state index contributed by atoms with van der Waals surface area (Å²) in [7, 11) is 0. The molecule has 15 heteroatoms. The van der Waals surface area contributed by atoms with E-state index in [-0.39, 0.29) is 42.2 Å². The molecule has 0 bridgehead atoms. The Bertz CT molecular complexity index is 4300. The summed E-state index contributed by atoms with van der Waals surface area (Å²) in [5.41, 5.74) is 14.6. The van der Waals surface area contributed by atoms with Crippen molar-refractivity contribution in [2.24, 2.45) is 11.8 Å². The minimum atomic E-state index is -1.70. The molecule has 4 heterocycles. The second kappa shape index (κ2) is 36.8. The third-order valence-electron chi connectivity index (χ3n) is 19.5. The smallest absolute Gasteiger partial charge is 0.336 e. The van der Waals surface area contributed by atoms with E-state index in [0.717, 1.165) is 105 Å². The van der Waals surface area contributed by atoms with E-state index < -0.39 is 18.0 Å². The summed E-state index contributed by atoms with van der Waals surface area (Å²) in [5.74, 6) is -0.358. The first kappa shape index (κ1) is 75.0. The van der Waals surface area contributed by atoms with Gasteiger partial charge in [0.2, 0.25) is 5.79 Å². The molecule has 4 aliphatic heterocycles. The van der Waals surface area contributed by atoms with Crippen LogP contribution in [0, 0.1) is 15.4 Å². The molecule has 2 saturated heterocycles. The van der Waals surface area contributed by atoms with Crippen molar-refractivity contribution in [3.8, 4) is 11.5 Å². The van der Waals surface area contributed by atoms with E-state index in [4.69, 9.17) is 37.9 Å². The van der Waals surface area contributed by atoms with Crippen LogP contribution in [0.25, 0.3) is 0 Å². The van der Waals surface area contributed by atoms with E-state index in [2.05, 4.69) is 212 Å². The normalized spacial score (nSPS) is 21.2. The predicted molar refractivity (Wildman–Crippen MR) is 423 cm³/mol. The third-order valence-corrected chi connectivity index (χ3v) is 21.7. The van der Waals surface area contributed by atoms with Crippen molar-refractivity contribution in [1.29, 1.82) is 0 Å².